The number of carboxylic acid groups (broad SMARTS) is 1. The molecule has 2 aromatic rings. The molecule has 1 saturated heterocycles. The minimum absolute atomic E-state index is 0.0363. The molecule has 28 heavy (non-hydrogen) atoms. The van der Waals surface area contributed by atoms with Gasteiger partial charge in [-0.15, -0.1) is 6.58 Å². The quantitative estimate of drug-likeness (QED) is 0.475. The molecule has 4 amide bonds. The maximum Gasteiger partial charge on any atom is 0.331 e. The van der Waals surface area contributed by atoms with Crippen LogP contribution in [0.4, 0.5) is 4.79 Å². The summed E-state index contributed by atoms with van der Waals surface area (Å²) in [5, 5.41) is 13.3. The smallest absolute Gasteiger partial charge is 0.331 e. The van der Waals surface area contributed by atoms with Crippen molar-refractivity contribution in [3.05, 3.63) is 65.4 Å². The number of furan rings is 1. The summed E-state index contributed by atoms with van der Waals surface area (Å²) in [5.41, 5.74) is 0.774. The van der Waals surface area contributed by atoms with Crippen LogP contribution < -0.4 is 10.4 Å². The van der Waals surface area contributed by atoms with Crippen molar-refractivity contribution in [3.8, 4) is 11.3 Å². The number of barbiturate groups is 1. The molecule has 1 aromatic carbocycles. The fourth-order valence-corrected chi connectivity index (χ4v) is 2.83. The first-order valence-corrected chi connectivity index (χ1v) is 8.24. The zero-order chi connectivity index (χ0) is 20.4. The van der Waals surface area contributed by atoms with Crippen molar-refractivity contribution in [1.82, 2.24) is 10.2 Å². The molecular weight excluding hydrogens is 364 g/mol. The molecule has 1 aliphatic rings. The van der Waals surface area contributed by atoms with Crippen molar-refractivity contribution in [1.29, 1.82) is 0 Å². The molecule has 0 radical (unpaired) electrons. The van der Waals surface area contributed by atoms with Crippen LogP contribution in [0, 0.1) is 6.92 Å². The monoisotopic (exact) mass is 379 g/mol. The Bertz CT molecular complexity index is 1050. The molecule has 3 rings (SSSR count). The van der Waals surface area contributed by atoms with Gasteiger partial charge < -0.3 is 14.3 Å². The number of hydrogen-bond acceptors (Lipinski definition) is 6. The molecule has 0 atom stereocenters. The van der Waals surface area contributed by atoms with Gasteiger partial charge in [0, 0.05) is 17.7 Å². The predicted octanol–water partition coefficient (Wildman–Crippen LogP) is 1.27. The number of rotatable bonds is 5. The van der Waals surface area contributed by atoms with E-state index in [0.29, 0.717) is 16.9 Å². The molecule has 8 heteroatoms. The Morgan fingerprint density at radius 2 is 2.00 bits per heavy atom. The molecule has 142 valence electrons. The fraction of sp³-hybridized carbons (Fsp3) is 0.100. The van der Waals surface area contributed by atoms with Gasteiger partial charge in [0.2, 0.25) is 0 Å². The zero-order valence-electron chi connectivity index (χ0n) is 14.9. The first-order chi connectivity index (χ1) is 13.3. The minimum Gasteiger partial charge on any atom is -0.545 e. The molecular formula is C20H15N2O6-. The number of hydrogen-bond donors (Lipinski definition) is 1. The fourth-order valence-electron chi connectivity index (χ4n) is 2.83. The van der Waals surface area contributed by atoms with Crippen molar-refractivity contribution >= 4 is 29.9 Å². The number of nitrogens with zero attached hydrogens (tertiary/aromatic N) is 1. The first kappa shape index (κ1) is 18.8. The largest absolute Gasteiger partial charge is 0.545 e. The van der Waals surface area contributed by atoms with Crippen molar-refractivity contribution in [2.75, 3.05) is 6.54 Å². The highest BCUT2D eigenvalue weighted by atomic mass is 16.4. The Labute approximate surface area is 159 Å². The van der Waals surface area contributed by atoms with E-state index in [1.807, 2.05) is 0 Å². The second kappa shape index (κ2) is 7.36. The van der Waals surface area contributed by atoms with Crippen LogP contribution in [0.3, 0.4) is 0 Å². The van der Waals surface area contributed by atoms with Crippen LogP contribution in [0.1, 0.15) is 21.7 Å². The Hall–Kier alpha value is -3.94. The maximum absolute atomic E-state index is 12.4. The van der Waals surface area contributed by atoms with Gasteiger partial charge in [-0.25, -0.2) is 4.79 Å². The number of nitrogens with one attached hydrogen (secondary N) is 1. The van der Waals surface area contributed by atoms with E-state index in [2.05, 4.69) is 11.9 Å². The third kappa shape index (κ3) is 3.35. The molecule has 1 fully saturated rings. The minimum atomic E-state index is -1.30. The third-order valence-electron chi connectivity index (χ3n) is 4.23. The second-order valence-electron chi connectivity index (χ2n) is 5.99. The number of carbonyl (C=O) groups excluding carboxylic acids is 4. The van der Waals surface area contributed by atoms with Crippen LogP contribution in [0.25, 0.3) is 17.4 Å². The van der Waals surface area contributed by atoms with E-state index in [-0.39, 0.29) is 23.4 Å². The summed E-state index contributed by atoms with van der Waals surface area (Å²) in [6, 6.07) is 6.97. The highest BCUT2D eigenvalue weighted by molar-refractivity contribution is 6.30. The molecule has 8 nitrogen and oxygen atoms in total. The number of urea groups is 1. The van der Waals surface area contributed by atoms with Gasteiger partial charge >= 0.3 is 6.03 Å². The van der Waals surface area contributed by atoms with Crippen molar-refractivity contribution in [2.24, 2.45) is 0 Å². The molecule has 1 aliphatic heterocycles. The van der Waals surface area contributed by atoms with E-state index in [1.54, 1.807) is 25.1 Å². The van der Waals surface area contributed by atoms with Crippen LogP contribution in [0.5, 0.6) is 0 Å². The molecule has 0 aliphatic carbocycles. The number of carboxylic acids is 1. The van der Waals surface area contributed by atoms with Crippen LogP contribution in [0.15, 0.2) is 53.0 Å². The summed E-state index contributed by atoms with van der Waals surface area (Å²) in [7, 11) is 0. The molecule has 0 spiro atoms. The lowest BCUT2D eigenvalue weighted by Gasteiger charge is -2.24. The molecule has 2 heterocycles. The summed E-state index contributed by atoms with van der Waals surface area (Å²) in [6.07, 6.45) is 2.59. The Kier molecular flexibility index (Phi) is 4.95. The zero-order valence-corrected chi connectivity index (χ0v) is 14.9. The summed E-state index contributed by atoms with van der Waals surface area (Å²) in [4.78, 5) is 48.2. The lowest BCUT2D eigenvalue weighted by molar-refractivity contribution is -0.255. The van der Waals surface area contributed by atoms with E-state index in [0.717, 1.165) is 4.90 Å². The van der Waals surface area contributed by atoms with E-state index in [1.165, 1.54) is 24.3 Å². The maximum atomic E-state index is 12.4. The van der Waals surface area contributed by atoms with Gasteiger partial charge in [0.1, 0.15) is 17.1 Å². The molecule has 1 aromatic heterocycles. The third-order valence-corrected chi connectivity index (χ3v) is 4.23. The predicted molar refractivity (Wildman–Crippen MR) is 96.6 cm³/mol. The van der Waals surface area contributed by atoms with Gasteiger partial charge in [0.15, 0.2) is 0 Å². The molecule has 0 unspecified atom stereocenters. The van der Waals surface area contributed by atoms with Gasteiger partial charge in [-0.1, -0.05) is 24.3 Å². The lowest BCUT2D eigenvalue weighted by atomic mass is 10.0. The van der Waals surface area contributed by atoms with Crippen molar-refractivity contribution in [3.63, 3.8) is 0 Å². The normalized spacial score (nSPS) is 15.7. The highest BCUT2D eigenvalue weighted by Gasteiger charge is 2.35. The molecule has 0 saturated carbocycles. The van der Waals surface area contributed by atoms with Crippen molar-refractivity contribution < 1.29 is 28.7 Å². The summed E-state index contributed by atoms with van der Waals surface area (Å²) in [6.45, 7) is 5.05. The number of imide groups is 2. The molecule has 0 bridgehead atoms. The van der Waals surface area contributed by atoms with Crippen LogP contribution >= 0.6 is 0 Å². The summed E-state index contributed by atoms with van der Waals surface area (Å²) >= 11 is 0. The second-order valence-corrected chi connectivity index (χ2v) is 5.99. The average Bonchev–Trinajstić information content (AvgIpc) is 3.10. The van der Waals surface area contributed by atoms with E-state index >= 15 is 0 Å². The first-order valence-electron chi connectivity index (χ1n) is 8.24. The van der Waals surface area contributed by atoms with Gasteiger partial charge in [-0.3, -0.25) is 19.8 Å². The average molecular weight is 379 g/mol. The Morgan fingerprint density at radius 3 is 2.68 bits per heavy atom. The van der Waals surface area contributed by atoms with Gasteiger partial charge in [-0.05, 0) is 30.7 Å². The standard InChI is InChI=1S/C20H16N2O6/c1-3-9-22-18(24)15(17(23)21-20(22)27)10-12-7-8-16(28-12)13-5-4-6-14(11(13)2)19(25)26/h3-8,10H,1,9H2,2H3,(H,25,26)(H,21,23,27)/p-1/b15-10+. The SMILES string of the molecule is C=CCN1C(=O)NC(=O)/C(=C\c2ccc(-c3cccc(C(=O)[O-])c3C)o2)C1=O. The van der Waals surface area contributed by atoms with E-state index < -0.39 is 23.8 Å². The van der Waals surface area contributed by atoms with Crippen molar-refractivity contribution in [2.45, 2.75) is 6.92 Å². The summed E-state index contributed by atoms with van der Waals surface area (Å²) in [5.74, 6) is -2.34. The summed E-state index contributed by atoms with van der Waals surface area (Å²) < 4.78 is 5.66. The number of aromatic carboxylic acids is 1. The highest BCUT2D eigenvalue weighted by Crippen LogP contribution is 2.28. The topological polar surface area (TPSA) is 120 Å². The van der Waals surface area contributed by atoms with Gasteiger partial charge in [-0.2, -0.15) is 0 Å². The lowest BCUT2D eigenvalue weighted by Crippen LogP contribution is -2.54. The Balaban J connectivity index is 1.96. The van der Waals surface area contributed by atoms with E-state index in [9.17, 15) is 24.3 Å². The van der Waals surface area contributed by atoms with E-state index in [4.69, 9.17) is 4.42 Å². The number of benzene rings is 1. The van der Waals surface area contributed by atoms with Crippen LogP contribution in [0.2, 0.25) is 0 Å². The van der Waals surface area contributed by atoms with Gasteiger partial charge in [0.05, 0.1) is 5.97 Å². The number of amides is 4. The van der Waals surface area contributed by atoms with Gasteiger partial charge in [0.25, 0.3) is 11.8 Å². The number of carbonyl (C=O) groups is 4. The van der Waals surface area contributed by atoms with Crippen LogP contribution in [-0.2, 0) is 9.59 Å². The molecule has 1 N–H and O–H groups in total. The van der Waals surface area contributed by atoms with Crippen LogP contribution in [-0.4, -0.2) is 35.3 Å². The Morgan fingerprint density at radius 1 is 1.25 bits per heavy atom.